The minimum Gasteiger partial charge on any atom is -0.349 e. The van der Waals surface area contributed by atoms with Crippen LogP contribution in [0.4, 0.5) is 5.69 Å². The van der Waals surface area contributed by atoms with Crippen molar-refractivity contribution in [2.75, 3.05) is 11.4 Å². The summed E-state index contributed by atoms with van der Waals surface area (Å²) in [6.07, 6.45) is 3.20. The van der Waals surface area contributed by atoms with Crippen LogP contribution in [-0.2, 0) is 22.4 Å². The Labute approximate surface area is 154 Å². The van der Waals surface area contributed by atoms with Crippen LogP contribution in [0.15, 0.2) is 48.5 Å². The van der Waals surface area contributed by atoms with Crippen LogP contribution in [0.2, 0.25) is 0 Å². The Morgan fingerprint density at radius 1 is 1.15 bits per heavy atom. The molecule has 1 saturated heterocycles. The van der Waals surface area contributed by atoms with E-state index in [0.717, 1.165) is 24.9 Å². The predicted molar refractivity (Wildman–Crippen MR) is 102 cm³/mol. The molecular formula is C22H24N2O2. The fourth-order valence-electron chi connectivity index (χ4n) is 4.04. The number of fused-ring (bicyclic) bond motifs is 1. The van der Waals surface area contributed by atoms with Crippen molar-refractivity contribution in [2.24, 2.45) is 5.92 Å². The summed E-state index contributed by atoms with van der Waals surface area (Å²) < 4.78 is 0. The predicted octanol–water partition coefficient (Wildman–Crippen LogP) is 3.41. The fourth-order valence-corrected chi connectivity index (χ4v) is 4.04. The lowest BCUT2D eigenvalue weighted by molar-refractivity contribution is -0.127. The smallest absolute Gasteiger partial charge is 0.227 e. The summed E-state index contributed by atoms with van der Waals surface area (Å²) in [7, 11) is 0. The Morgan fingerprint density at radius 3 is 2.69 bits per heavy atom. The zero-order chi connectivity index (χ0) is 18.1. The van der Waals surface area contributed by atoms with E-state index in [-0.39, 0.29) is 30.2 Å². The maximum atomic E-state index is 12.7. The molecule has 2 unspecified atom stereocenters. The Morgan fingerprint density at radius 2 is 1.92 bits per heavy atom. The van der Waals surface area contributed by atoms with E-state index < -0.39 is 0 Å². The highest BCUT2D eigenvalue weighted by molar-refractivity contribution is 6.00. The van der Waals surface area contributed by atoms with Crippen LogP contribution >= 0.6 is 0 Å². The summed E-state index contributed by atoms with van der Waals surface area (Å²) in [5.41, 5.74) is 4.67. The van der Waals surface area contributed by atoms with Crippen LogP contribution in [0.25, 0.3) is 0 Å². The van der Waals surface area contributed by atoms with Gasteiger partial charge in [-0.3, -0.25) is 9.59 Å². The van der Waals surface area contributed by atoms with Crippen LogP contribution in [0.1, 0.15) is 42.5 Å². The quantitative estimate of drug-likeness (QED) is 0.920. The zero-order valence-electron chi connectivity index (χ0n) is 15.1. The SMILES string of the molecule is CCc1ccc(N2CC(C(=O)NC3CCc4ccccc43)CC2=O)cc1. The molecule has 2 aromatic rings. The van der Waals surface area contributed by atoms with E-state index >= 15 is 0 Å². The monoisotopic (exact) mass is 348 g/mol. The molecule has 1 heterocycles. The van der Waals surface area contributed by atoms with Crippen LogP contribution in [0.5, 0.6) is 0 Å². The largest absolute Gasteiger partial charge is 0.349 e. The number of hydrogen-bond acceptors (Lipinski definition) is 2. The zero-order valence-corrected chi connectivity index (χ0v) is 15.1. The van der Waals surface area contributed by atoms with E-state index in [1.54, 1.807) is 4.90 Å². The van der Waals surface area contributed by atoms with Gasteiger partial charge in [0.15, 0.2) is 0 Å². The minimum absolute atomic E-state index is 0.00673. The van der Waals surface area contributed by atoms with Crippen LogP contribution in [0.3, 0.4) is 0 Å². The number of carbonyl (C=O) groups excluding carboxylic acids is 2. The summed E-state index contributed by atoms with van der Waals surface area (Å²) in [6.45, 7) is 2.57. The van der Waals surface area contributed by atoms with Gasteiger partial charge in [0.2, 0.25) is 11.8 Å². The maximum Gasteiger partial charge on any atom is 0.227 e. The van der Waals surface area contributed by atoms with Gasteiger partial charge in [0, 0.05) is 18.7 Å². The fraction of sp³-hybridized carbons (Fsp3) is 0.364. The van der Waals surface area contributed by atoms with Crippen molar-refractivity contribution in [1.29, 1.82) is 0 Å². The standard InChI is InChI=1S/C22H24N2O2/c1-2-15-7-10-18(11-8-15)24-14-17(13-21(24)25)22(26)23-20-12-9-16-5-3-4-6-19(16)20/h3-8,10-11,17,20H,2,9,12-14H2,1H3,(H,23,26). The molecule has 1 aliphatic carbocycles. The molecule has 2 amide bonds. The Hall–Kier alpha value is -2.62. The number of nitrogens with one attached hydrogen (secondary N) is 1. The molecule has 2 aromatic carbocycles. The first-order valence-corrected chi connectivity index (χ1v) is 9.43. The minimum atomic E-state index is -0.277. The third-order valence-corrected chi connectivity index (χ3v) is 5.60. The summed E-state index contributed by atoms with van der Waals surface area (Å²) in [5, 5.41) is 3.17. The normalized spacial score (nSPS) is 21.7. The lowest BCUT2D eigenvalue weighted by Crippen LogP contribution is -2.34. The number of anilines is 1. The number of rotatable bonds is 4. The number of hydrogen-bond donors (Lipinski definition) is 1. The molecule has 0 saturated carbocycles. The van der Waals surface area contributed by atoms with Gasteiger partial charge >= 0.3 is 0 Å². The molecule has 134 valence electrons. The van der Waals surface area contributed by atoms with Gasteiger partial charge in [-0.25, -0.2) is 0 Å². The van der Waals surface area contributed by atoms with Crippen LogP contribution < -0.4 is 10.2 Å². The van der Waals surface area contributed by atoms with Crippen molar-refractivity contribution in [2.45, 2.75) is 38.6 Å². The Balaban J connectivity index is 1.42. The van der Waals surface area contributed by atoms with Gasteiger partial charge < -0.3 is 10.2 Å². The molecule has 0 bridgehead atoms. The van der Waals surface area contributed by atoms with Crippen molar-refractivity contribution < 1.29 is 9.59 Å². The number of nitrogens with zero attached hydrogens (tertiary/aromatic N) is 1. The molecule has 26 heavy (non-hydrogen) atoms. The van der Waals surface area contributed by atoms with Gasteiger partial charge in [-0.15, -0.1) is 0 Å². The molecule has 0 radical (unpaired) electrons. The van der Waals surface area contributed by atoms with E-state index in [1.165, 1.54) is 16.7 Å². The van der Waals surface area contributed by atoms with Crippen LogP contribution in [-0.4, -0.2) is 18.4 Å². The van der Waals surface area contributed by atoms with E-state index in [1.807, 2.05) is 36.4 Å². The number of amides is 2. The van der Waals surface area contributed by atoms with E-state index in [9.17, 15) is 9.59 Å². The highest BCUT2D eigenvalue weighted by atomic mass is 16.2. The first kappa shape index (κ1) is 16.8. The van der Waals surface area contributed by atoms with Crippen molar-refractivity contribution in [3.8, 4) is 0 Å². The second kappa shape index (κ2) is 6.94. The molecule has 0 aromatic heterocycles. The number of carbonyl (C=O) groups is 2. The summed E-state index contributed by atoms with van der Waals surface area (Å²) in [4.78, 5) is 26.9. The first-order valence-electron chi connectivity index (χ1n) is 9.43. The number of benzene rings is 2. The van der Waals surface area contributed by atoms with Crippen molar-refractivity contribution in [3.63, 3.8) is 0 Å². The summed E-state index contributed by atoms with van der Waals surface area (Å²) >= 11 is 0. The highest BCUT2D eigenvalue weighted by Crippen LogP contribution is 2.32. The molecule has 0 spiro atoms. The maximum absolute atomic E-state index is 12.7. The van der Waals surface area contributed by atoms with E-state index in [2.05, 4.69) is 24.4 Å². The van der Waals surface area contributed by atoms with Gasteiger partial charge in [0.1, 0.15) is 0 Å². The second-order valence-corrected chi connectivity index (χ2v) is 7.22. The Kier molecular flexibility index (Phi) is 4.49. The Bertz CT molecular complexity index is 828. The van der Waals surface area contributed by atoms with Gasteiger partial charge in [0.25, 0.3) is 0 Å². The number of aryl methyl sites for hydroxylation is 2. The van der Waals surface area contributed by atoms with E-state index in [4.69, 9.17) is 0 Å². The summed E-state index contributed by atoms with van der Waals surface area (Å²) in [5.74, 6) is -0.255. The second-order valence-electron chi connectivity index (χ2n) is 7.22. The highest BCUT2D eigenvalue weighted by Gasteiger charge is 2.36. The van der Waals surface area contributed by atoms with Gasteiger partial charge in [0.05, 0.1) is 12.0 Å². The van der Waals surface area contributed by atoms with E-state index in [0.29, 0.717) is 6.54 Å². The molecule has 1 aliphatic heterocycles. The summed E-state index contributed by atoms with van der Waals surface area (Å²) in [6, 6.07) is 16.4. The molecule has 4 nitrogen and oxygen atoms in total. The lowest BCUT2D eigenvalue weighted by Gasteiger charge is -2.19. The van der Waals surface area contributed by atoms with Crippen molar-refractivity contribution >= 4 is 17.5 Å². The molecular weight excluding hydrogens is 324 g/mol. The first-order chi connectivity index (χ1) is 12.7. The third kappa shape index (κ3) is 3.12. The topological polar surface area (TPSA) is 49.4 Å². The van der Waals surface area contributed by atoms with Crippen molar-refractivity contribution in [3.05, 3.63) is 65.2 Å². The van der Waals surface area contributed by atoms with Crippen molar-refractivity contribution in [1.82, 2.24) is 5.32 Å². The molecule has 2 aliphatic rings. The molecule has 1 fully saturated rings. The van der Waals surface area contributed by atoms with Crippen LogP contribution in [0, 0.1) is 5.92 Å². The average Bonchev–Trinajstić information content (AvgIpc) is 3.26. The van der Waals surface area contributed by atoms with Gasteiger partial charge in [-0.1, -0.05) is 43.3 Å². The lowest BCUT2D eigenvalue weighted by atomic mass is 10.1. The van der Waals surface area contributed by atoms with Gasteiger partial charge in [-0.05, 0) is 48.1 Å². The average molecular weight is 348 g/mol. The molecule has 1 N–H and O–H groups in total. The molecule has 4 heteroatoms. The van der Waals surface area contributed by atoms with Gasteiger partial charge in [-0.2, -0.15) is 0 Å². The molecule has 4 rings (SSSR count). The molecule has 2 atom stereocenters. The third-order valence-electron chi connectivity index (χ3n) is 5.60.